The third-order valence-corrected chi connectivity index (χ3v) is 7.25. The average molecular weight is 497 g/mol. The molecule has 0 saturated carbocycles. The van der Waals surface area contributed by atoms with Gasteiger partial charge in [-0.1, -0.05) is 29.8 Å². The van der Waals surface area contributed by atoms with Gasteiger partial charge in [-0.25, -0.2) is 0 Å². The minimum absolute atomic E-state index is 0.00808. The van der Waals surface area contributed by atoms with Gasteiger partial charge < -0.3 is 14.5 Å². The van der Waals surface area contributed by atoms with Crippen LogP contribution in [0.15, 0.2) is 66.0 Å². The molecule has 1 aliphatic heterocycles. The van der Waals surface area contributed by atoms with E-state index in [1.165, 1.54) is 4.88 Å². The smallest absolute Gasteiger partial charge is 0.254 e. The summed E-state index contributed by atoms with van der Waals surface area (Å²) in [5.74, 6) is 0.471. The van der Waals surface area contributed by atoms with Gasteiger partial charge in [-0.3, -0.25) is 9.59 Å². The number of fused-ring (bicyclic) bond motifs is 1. The fourth-order valence-corrected chi connectivity index (χ4v) is 5.21. The molecule has 2 heterocycles. The van der Waals surface area contributed by atoms with Gasteiger partial charge >= 0.3 is 0 Å². The molecule has 0 fully saturated rings. The summed E-state index contributed by atoms with van der Waals surface area (Å²) in [4.78, 5) is 31.8. The second-order valence-electron chi connectivity index (χ2n) is 9.35. The van der Waals surface area contributed by atoms with Crippen molar-refractivity contribution < 1.29 is 14.3 Å². The number of nitrogens with zero attached hydrogens (tertiary/aromatic N) is 2. The Morgan fingerprint density at radius 2 is 1.79 bits per heavy atom. The summed E-state index contributed by atoms with van der Waals surface area (Å²) in [6.45, 7) is 6.80. The van der Waals surface area contributed by atoms with Gasteiger partial charge in [0.05, 0.1) is 6.04 Å². The molecule has 0 saturated heterocycles. The van der Waals surface area contributed by atoms with Crippen molar-refractivity contribution in [2.45, 2.75) is 38.8 Å². The van der Waals surface area contributed by atoms with Crippen molar-refractivity contribution in [3.63, 3.8) is 0 Å². The largest absolute Gasteiger partial charge is 0.491 e. The first-order chi connectivity index (χ1) is 16.2. The molecule has 0 radical (unpaired) electrons. The minimum Gasteiger partial charge on any atom is -0.491 e. The van der Waals surface area contributed by atoms with Crippen LogP contribution in [0.5, 0.6) is 5.75 Å². The maximum absolute atomic E-state index is 13.7. The van der Waals surface area contributed by atoms with E-state index in [2.05, 4.69) is 11.4 Å². The predicted octanol–water partition coefficient (Wildman–Crippen LogP) is 5.85. The summed E-state index contributed by atoms with van der Waals surface area (Å²) >= 11 is 7.70. The Morgan fingerprint density at radius 3 is 2.47 bits per heavy atom. The van der Waals surface area contributed by atoms with Crippen LogP contribution in [0.2, 0.25) is 5.02 Å². The van der Waals surface area contributed by atoms with E-state index in [1.807, 2.05) is 56.0 Å². The standard InChI is InChI=1S/C27H29ClN2O3S/c1-27(2,3)30(26(32)19-7-5-4-6-8-19)17-25(31)29-15-13-24-22(14-16-34-24)23(29)18-33-21-11-9-20(28)10-12-21/h4-12,14,16,23H,13,15,17-18H2,1-3H3/t23-/m1/s1. The molecule has 2 aromatic carbocycles. The maximum Gasteiger partial charge on any atom is 0.254 e. The average Bonchev–Trinajstić information content (AvgIpc) is 3.30. The molecule has 178 valence electrons. The van der Waals surface area contributed by atoms with E-state index in [0.717, 1.165) is 12.0 Å². The monoisotopic (exact) mass is 496 g/mol. The Hall–Kier alpha value is -2.83. The van der Waals surface area contributed by atoms with Crippen LogP contribution >= 0.6 is 22.9 Å². The molecule has 0 bridgehead atoms. The van der Waals surface area contributed by atoms with E-state index < -0.39 is 5.54 Å². The first kappa shape index (κ1) is 24.3. The van der Waals surface area contributed by atoms with E-state index in [1.54, 1.807) is 40.5 Å². The molecule has 0 aliphatic carbocycles. The Labute approximate surface area is 209 Å². The van der Waals surface area contributed by atoms with Crippen LogP contribution in [0.4, 0.5) is 0 Å². The number of thiophene rings is 1. The molecule has 1 aliphatic rings. The van der Waals surface area contributed by atoms with Crippen LogP contribution in [0.1, 0.15) is 47.6 Å². The maximum atomic E-state index is 13.7. The van der Waals surface area contributed by atoms with E-state index in [0.29, 0.717) is 29.5 Å². The Kier molecular flexibility index (Phi) is 7.29. The number of benzene rings is 2. The third-order valence-electron chi connectivity index (χ3n) is 6.01. The van der Waals surface area contributed by atoms with Gasteiger partial charge in [0.1, 0.15) is 18.9 Å². The van der Waals surface area contributed by atoms with Gasteiger partial charge in [0, 0.05) is 27.5 Å². The number of ether oxygens (including phenoxy) is 1. The number of carbonyl (C=O) groups excluding carboxylic acids is 2. The SMILES string of the molecule is CC(C)(C)N(CC(=O)N1CCc2sccc2[C@H]1COc1ccc(Cl)cc1)C(=O)c1ccccc1. The van der Waals surface area contributed by atoms with E-state index in [4.69, 9.17) is 16.3 Å². The molecule has 4 rings (SSSR count). The lowest BCUT2D eigenvalue weighted by Crippen LogP contribution is -2.53. The van der Waals surface area contributed by atoms with Crippen LogP contribution in [0, 0.1) is 0 Å². The molecular weight excluding hydrogens is 468 g/mol. The number of halogens is 1. The molecule has 34 heavy (non-hydrogen) atoms. The number of hydrogen-bond donors (Lipinski definition) is 0. The van der Waals surface area contributed by atoms with E-state index >= 15 is 0 Å². The van der Waals surface area contributed by atoms with Crippen LogP contribution in [-0.4, -0.2) is 46.8 Å². The molecule has 7 heteroatoms. The number of carbonyl (C=O) groups is 2. The zero-order valence-corrected chi connectivity index (χ0v) is 21.2. The van der Waals surface area contributed by atoms with Crippen molar-refractivity contribution in [3.05, 3.63) is 87.1 Å². The van der Waals surface area contributed by atoms with Crippen molar-refractivity contribution in [3.8, 4) is 5.75 Å². The van der Waals surface area contributed by atoms with Gasteiger partial charge in [-0.05, 0) is 80.6 Å². The fourth-order valence-electron chi connectivity index (χ4n) is 4.16. The van der Waals surface area contributed by atoms with Gasteiger partial charge in [0.25, 0.3) is 5.91 Å². The number of hydrogen-bond acceptors (Lipinski definition) is 4. The number of rotatable bonds is 6. The Bertz CT molecular complexity index is 1140. The highest BCUT2D eigenvalue weighted by Crippen LogP contribution is 2.34. The van der Waals surface area contributed by atoms with Crippen molar-refractivity contribution in [1.82, 2.24) is 9.80 Å². The van der Waals surface area contributed by atoms with Crippen LogP contribution in [0.3, 0.4) is 0 Å². The highest BCUT2D eigenvalue weighted by molar-refractivity contribution is 7.10. The second-order valence-corrected chi connectivity index (χ2v) is 10.8. The molecule has 0 unspecified atom stereocenters. The highest BCUT2D eigenvalue weighted by Gasteiger charge is 2.36. The van der Waals surface area contributed by atoms with Gasteiger partial charge in [0.2, 0.25) is 5.91 Å². The lowest BCUT2D eigenvalue weighted by atomic mass is 9.99. The van der Waals surface area contributed by atoms with Gasteiger partial charge in [-0.15, -0.1) is 11.3 Å². The van der Waals surface area contributed by atoms with E-state index in [-0.39, 0.29) is 24.4 Å². The lowest BCUT2D eigenvalue weighted by molar-refractivity contribution is -0.136. The normalized spacial score (nSPS) is 15.5. The molecule has 2 amide bonds. The Balaban J connectivity index is 1.55. The first-order valence-electron chi connectivity index (χ1n) is 11.3. The number of amides is 2. The zero-order valence-electron chi connectivity index (χ0n) is 19.7. The molecular formula is C27H29ClN2O3S. The zero-order chi connectivity index (χ0) is 24.3. The summed E-state index contributed by atoms with van der Waals surface area (Å²) in [5, 5.41) is 2.71. The van der Waals surface area contributed by atoms with Crippen molar-refractivity contribution in [2.75, 3.05) is 19.7 Å². The molecule has 0 spiro atoms. The molecule has 3 aromatic rings. The first-order valence-corrected chi connectivity index (χ1v) is 12.6. The van der Waals surface area contributed by atoms with Crippen LogP contribution in [0.25, 0.3) is 0 Å². The van der Waals surface area contributed by atoms with E-state index in [9.17, 15) is 9.59 Å². The minimum atomic E-state index is -0.513. The van der Waals surface area contributed by atoms with Crippen molar-refractivity contribution in [2.24, 2.45) is 0 Å². The van der Waals surface area contributed by atoms with Crippen LogP contribution < -0.4 is 4.74 Å². The molecule has 0 N–H and O–H groups in total. The van der Waals surface area contributed by atoms with Gasteiger partial charge in [-0.2, -0.15) is 0 Å². The van der Waals surface area contributed by atoms with Crippen molar-refractivity contribution >= 4 is 34.8 Å². The molecule has 1 atom stereocenters. The summed E-state index contributed by atoms with van der Waals surface area (Å²) in [5.41, 5.74) is 1.18. The van der Waals surface area contributed by atoms with Gasteiger partial charge in [0.15, 0.2) is 0 Å². The second kappa shape index (κ2) is 10.2. The fraction of sp³-hybridized carbons (Fsp3) is 0.333. The quantitative estimate of drug-likeness (QED) is 0.430. The van der Waals surface area contributed by atoms with Crippen molar-refractivity contribution in [1.29, 1.82) is 0 Å². The predicted molar refractivity (Wildman–Crippen MR) is 137 cm³/mol. The molecule has 5 nitrogen and oxygen atoms in total. The Morgan fingerprint density at radius 1 is 1.09 bits per heavy atom. The summed E-state index contributed by atoms with van der Waals surface area (Å²) < 4.78 is 6.07. The summed E-state index contributed by atoms with van der Waals surface area (Å²) in [6, 6.07) is 18.2. The van der Waals surface area contributed by atoms with Crippen LogP contribution in [-0.2, 0) is 11.2 Å². The summed E-state index contributed by atoms with van der Waals surface area (Å²) in [6.07, 6.45) is 0.804. The lowest BCUT2D eigenvalue weighted by Gasteiger charge is -2.40. The highest BCUT2D eigenvalue weighted by atomic mass is 35.5. The third kappa shape index (κ3) is 5.45. The molecule has 1 aromatic heterocycles. The summed E-state index contributed by atoms with van der Waals surface area (Å²) in [7, 11) is 0. The topological polar surface area (TPSA) is 49.9 Å².